The molecule has 3 nitrogen and oxygen atoms in total. The second-order valence-corrected chi connectivity index (χ2v) is 3.01. The van der Waals surface area contributed by atoms with Crippen LogP contribution in [-0.2, 0) is 0 Å². The Kier molecular flexibility index (Phi) is 6.51. The first-order valence-electron chi connectivity index (χ1n) is 4.23. The average Bonchev–Trinajstić information content (AvgIpc) is 1.97. The van der Waals surface area contributed by atoms with Crippen molar-refractivity contribution >= 4 is 0 Å². The van der Waals surface area contributed by atoms with Crippen LogP contribution in [0.4, 0.5) is 0 Å². The highest BCUT2D eigenvalue weighted by molar-refractivity contribution is 4.58. The van der Waals surface area contributed by atoms with Gasteiger partial charge in [0.2, 0.25) is 0 Å². The highest BCUT2D eigenvalue weighted by Gasteiger charge is 2.04. The van der Waals surface area contributed by atoms with Gasteiger partial charge in [-0.05, 0) is 39.2 Å². The lowest BCUT2D eigenvalue weighted by atomic mass is 10.1. The zero-order valence-corrected chi connectivity index (χ0v) is 7.16. The molecule has 4 N–H and O–H groups in total. The molecule has 0 spiro atoms. The Morgan fingerprint density at radius 1 is 1.18 bits per heavy atom. The van der Waals surface area contributed by atoms with Gasteiger partial charge in [-0.25, -0.2) is 0 Å². The van der Waals surface area contributed by atoms with Crippen LogP contribution in [0, 0.1) is 0 Å². The summed E-state index contributed by atoms with van der Waals surface area (Å²) in [6.45, 7) is 2.36. The molecule has 0 saturated heterocycles. The van der Waals surface area contributed by atoms with Crippen LogP contribution >= 0.6 is 0 Å². The van der Waals surface area contributed by atoms with Crippen LogP contribution in [-0.4, -0.2) is 29.0 Å². The molecule has 0 saturated carbocycles. The fourth-order valence-corrected chi connectivity index (χ4v) is 0.931. The Morgan fingerprint density at radius 2 is 1.82 bits per heavy atom. The van der Waals surface area contributed by atoms with Crippen molar-refractivity contribution in [3.05, 3.63) is 0 Å². The van der Waals surface area contributed by atoms with Gasteiger partial charge < -0.3 is 15.9 Å². The fraction of sp³-hybridized carbons (Fsp3) is 1.00. The molecule has 0 radical (unpaired) electrons. The van der Waals surface area contributed by atoms with Gasteiger partial charge in [0.15, 0.2) is 0 Å². The molecular formula is C8H19NO2. The topological polar surface area (TPSA) is 66.5 Å². The highest BCUT2D eigenvalue weighted by atomic mass is 16.3. The van der Waals surface area contributed by atoms with Gasteiger partial charge >= 0.3 is 0 Å². The summed E-state index contributed by atoms with van der Waals surface area (Å²) in [5, 5.41) is 18.2. The van der Waals surface area contributed by atoms with E-state index in [1.54, 1.807) is 6.92 Å². The number of hydrogen-bond donors (Lipinski definition) is 3. The maximum Gasteiger partial charge on any atom is 0.0541 e. The van der Waals surface area contributed by atoms with Crippen LogP contribution < -0.4 is 5.73 Å². The lowest BCUT2D eigenvalue weighted by Crippen LogP contribution is -2.12. The lowest BCUT2D eigenvalue weighted by Gasteiger charge is -2.10. The predicted octanol–water partition coefficient (Wildman–Crippen LogP) is 0.247. The largest absolute Gasteiger partial charge is 0.393 e. The van der Waals surface area contributed by atoms with Crippen LogP contribution in [0.25, 0.3) is 0 Å². The molecule has 3 heteroatoms. The minimum atomic E-state index is -0.303. The number of aliphatic hydroxyl groups excluding tert-OH is 2. The van der Waals surface area contributed by atoms with Crippen molar-refractivity contribution in [2.24, 2.45) is 5.73 Å². The Labute approximate surface area is 68.2 Å². The van der Waals surface area contributed by atoms with Crippen molar-refractivity contribution in [2.45, 2.75) is 44.8 Å². The van der Waals surface area contributed by atoms with E-state index in [4.69, 9.17) is 10.8 Å². The number of aliphatic hydroxyl groups is 2. The summed E-state index contributed by atoms with van der Waals surface area (Å²) in [6.07, 6.45) is 2.38. The number of rotatable bonds is 6. The molecule has 2 unspecified atom stereocenters. The first-order chi connectivity index (χ1) is 5.16. The first-order valence-corrected chi connectivity index (χ1v) is 4.23. The quantitative estimate of drug-likeness (QED) is 0.523. The second kappa shape index (κ2) is 6.58. The summed E-state index contributed by atoms with van der Waals surface area (Å²) in [6, 6.07) is 0. The molecule has 0 aliphatic carbocycles. The minimum Gasteiger partial charge on any atom is -0.393 e. The van der Waals surface area contributed by atoms with Gasteiger partial charge in [0.25, 0.3) is 0 Å². The van der Waals surface area contributed by atoms with Gasteiger partial charge in [0.05, 0.1) is 12.2 Å². The molecule has 68 valence electrons. The Hall–Kier alpha value is -0.120. The van der Waals surface area contributed by atoms with E-state index in [0.717, 1.165) is 12.8 Å². The van der Waals surface area contributed by atoms with Crippen molar-refractivity contribution in [3.63, 3.8) is 0 Å². The third kappa shape index (κ3) is 7.78. The molecular weight excluding hydrogens is 142 g/mol. The maximum atomic E-state index is 9.26. The SMILES string of the molecule is CC(O)CCC(O)CCCN. The van der Waals surface area contributed by atoms with Gasteiger partial charge in [-0.3, -0.25) is 0 Å². The summed E-state index contributed by atoms with van der Waals surface area (Å²) in [5.74, 6) is 0. The maximum absolute atomic E-state index is 9.26. The molecule has 0 fully saturated rings. The summed E-state index contributed by atoms with van der Waals surface area (Å²) >= 11 is 0. The molecule has 11 heavy (non-hydrogen) atoms. The van der Waals surface area contributed by atoms with E-state index in [1.165, 1.54) is 0 Å². The lowest BCUT2D eigenvalue weighted by molar-refractivity contribution is 0.116. The van der Waals surface area contributed by atoms with Crippen LogP contribution in [0.1, 0.15) is 32.6 Å². The van der Waals surface area contributed by atoms with E-state index in [9.17, 15) is 5.11 Å². The van der Waals surface area contributed by atoms with Crippen molar-refractivity contribution < 1.29 is 10.2 Å². The fourth-order valence-electron chi connectivity index (χ4n) is 0.931. The third-order valence-electron chi connectivity index (χ3n) is 1.66. The molecule has 2 atom stereocenters. The highest BCUT2D eigenvalue weighted by Crippen LogP contribution is 2.05. The Morgan fingerprint density at radius 3 is 2.27 bits per heavy atom. The number of hydrogen-bond acceptors (Lipinski definition) is 3. The molecule has 0 heterocycles. The molecule has 0 aromatic carbocycles. The van der Waals surface area contributed by atoms with E-state index in [0.29, 0.717) is 19.4 Å². The van der Waals surface area contributed by atoms with Gasteiger partial charge in [0.1, 0.15) is 0 Å². The summed E-state index contributed by atoms with van der Waals surface area (Å²) in [4.78, 5) is 0. The molecule has 0 aliphatic heterocycles. The molecule has 0 aliphatic rings. The molecule has 0 bridgehead atoms. The van der Waals surface area contributed by atoms with E-state index in [-0.39, 0.29) is 12.2 Å². The smallest absolute Gasteiger partial charge is 0.0541 e. The second-order valence-electron chi connectivity index (χ2n) is 3.01. The molecule has 0 rings (SSSR count). The zero-order valence-electron chi connectivity index (χ0n) is 7.16. The third-order valence-corrected chi connectivity index (χ3v) is 1.66. The summed E-state index contributed by atoms with van der Waals surface area (Å²) in [7, 11) is 0. The van der Waals surface area contributed by atoms with Gasteiger partial charge in [0, 0.05) is 0 Å². The minimum absolute atomic E-state index is 0.284. The first kappa shape index (κ1) is 10.9. The monoisotopic (exact) mass is 161 g/mol. The molecule has 0 aromatic rings. The molecule has 0 amide bonds. The Bertz CT molecular complexity index is 86.2. The zero-order chi connectivity index (χ0) is 8.69. The van der Waals surface area contributed by atoms with Crippen molar-refractivity contribution in [3.8, 4) is 0 Å². The molecule has 0 aromatic heterocycles. The van der Waals surface area contributed by atoms with E-state index in [2.05, 4.69) is 0 Å². The van der Waals surface area contributed by atoms with Crippen LogP contribution in [0.5, 0.6) is 0 Å². The van der Waals surface area contributed by atoms with E-state index in [1.807, 2.05) is 0 Å². The van der Waals surface area contributed by atoms with E-state index >= 15 is 0 Å². The van der Waals surface area contributed by atoms with Crippen molar-refractivity contribution in [1.29, 1.82) is 0 Å². The predicted molar refractivity (Wildman–Crippen MR) is 45.2 cm³/mol. The van der Waals surface area contributed by atoms with Gasteiger partial charge in [-0.15, -0.1) is 0 Å². The van der Waals surface area contributed by atoms with Crippen LogP contribution in [0.15, 0.2) is 0 Å². The summed E-state index contributed by atoms with van der Waals surface area (Å²) < 4.78 is 0. The normalized spacial score (nSPS) is 16.4. The number of nitrogens with two attached hydrogens (primary N) is 1. The average molecular weight is 161 g/mol. The standard InChI is InChI=1S/C8H19NO2/c1-7(10)4-5-8(11)3-2-6-9/h7-8,10-11H,2-6,9H2,1H3. The Balaban J connectivity index is 3.15. The van der Waals surface area contributed by atoms with Crippen LogP contribution in [0.2, 0.25) is 0 Å². The van der Waals surface area contributed by atoms with Crippen LogP contribution in [0.3, 0.4) is 0 Å². The van der Waals surface area contributed by atoms with E-state index < -0.39 is 0 Å². The van der Waals surface area contributed by atoms with Crippen molar-refractivity contribution in [1.82, 2.24) is 0 Å². The van der Waals surface area contributed by atoms with Crippen molar-refractivity contribution in [2.75, 3.05) is 6.54 Å². The summed E-state index contributed by atoms with van der Waals surface area (Å²) in [5.41, 5.74) is 5.27. The van der Waals surface area contributed by atoms with Gasteiger partial charge in [-0.2, -0.15) is 0 Å². The van der Waals surface area contributed by atoms with Gasteiger partial charge in [-0.1, -0.05) is 0 Å².